The lowest BCUT2D eigenvalue weighted by atomic mass is 10.1. The number of aryl methyl sites for hydroxylation is 1. The second kappa shape index (κ2) is 6.05. The number of imide groups is 1. The van der Waals surface area contributed by atoms with Crippen molar-refractivity contribution in [2.75, 3.05) is 12.4 Å². The van der Waals surface area contributed by atoms with E-state index >= 15 is 0 Å². The van der Waals surface area contributed by atoms with Crippen molar-refractivity contribution >= 4 is 17.6 Å². The summed E-state index contributed by atoms with van der Waals surface area (Å²) < 4.78 is 0. The third-order valence-electron chi connectivity index (χ3n) is 2.83. The molecule has 1 rings (SSSR count). The fourth-order valence-corrected chi connectivity index (χ4v) is 1.49. The minimum atomic E-state index is -0.505. The van der Waals surface area contributed by atoms with E-state index in [-0.39, 0.29) is 5.91 Å². The summed E-state index contributed by atoms with van der Waals surface area (Å²) in [7, 11) is 1.46. The van der Waals surface area contributed by atoms with E-state index in [4.69, 9.17) is 0 Å². The molecule has 5 nitrogen and oxygen atoms in total. The highest BCUT2D eigenvalue weighted by Crippen LogP contribution is 2.18. The van der Waals surface area contributed by atoms with Crippen LogP contribution in [0.25, 0.3) is 0 Å². The molecule has 1 atom stereocenters. The predicted octanol–water partition coefficient (Wildman–Crippen LogP) is 1.56. The maximum Gasteiger partial charge on any atom is 0.321 e. The van der Waals surface area contributed by atoms with Gasteiger partial charge in [0.2, 0.25) is 5.91 Å². The monoisotopic (exact) mass is 249 g/mol. The summed E-state index contributed by atoms with van der Waals surface area (Å²) in [6, 6.07) is 4.85. The molecule has 0 saturated heterocycles. The van der Waals surface area contributed by atoms with Crippen molar-refractivity contribution in [3.8, 4) is 0 Å². The summed E-state index contributed by atoms with van der Waals surface area (Å²) in [5.41, 5.74) is 3.14. The molecule has 0 heterocycles. The lowest BCUT2D eigenvalue weighted by Crippen LogP contribution is -2.44. The molecule has 0 aromatic heterocycles. The molecule has 0 bridgehead atoms. The zero-order valence-corrected chi connectivity index (χ0v) is 11.1. The third-order valence-corrected chi connectivity index (χ3v) is 2.83. The Balaban J connectivity index is 2.69. The molecule has 0 aliphatic rings. The Morgan fingerprint density at radius 3 is 2.50 bits per heavy atom. The number of urea groups is 1. The summed E-state index contributed by atoms with van der Waals surface area (Å²) in [6.45, 7) is 5.71. The van der Waals surface area contributed by atoms with E-state index in [1.807, 2.05) is 32.0 Å². The lowest BCUT2D eigenvalue weighted by molar-refractivity contribution is -0.120. The van der Waals surface area contributed by atoms with Gasteiger partial charge in [0.1, 0.15) is 6.04 Å². The standard InChI is InChI=1S/C13H19N3O2/c1-8-6-5-7-11(9(8)2)15-10(3)12(17)16-13(18)14-4/h5-7,10,15H,1-4H3,(H2,14,16,17,18)/t10-/m1/s1. The molecule has 98 valence electrons. The Labute approximate surface area is 107 Å². The molecule has 0 radical (unpaired) electrons. The summed E-state index contributed by atoms with van der Waals surface area (Å²) in [6.07, 6.45) is 0. The molecule has 18 heavy (non-hydrogen) atoms. The Kier molecular flexibility index (Phi) is 4.71. The molecule has 1 aromatic carbocycles. The second-order valence-electron chi connectivity index (χ2n) is 4.18. The van der Waals surface area contributed by atoms with E-state index in [9.17, 15) is 9.59 Å². The van der Waals surface area contributed by atoms with Crippen LogP contribution in [0, 0.1) is 13.8 Å². The molecule has 0 fully saturated rings. The second-order valence-corrected chi connectivity index (χ2v) is 4.18. The van der Waals surface area contributed by atoms with Gasteiger partial charge in [0.15, 0.2) is 0 Å². The van der Waals surface area contributed by atoms with Crippen LogP contribution < -0.4 is 16.0 Å². The molecule has 5 heteroatoms. The molecule has 0 unspecified atom stereocenters. The van der Waals surface area contributed by atoms with Crippen LogP contribution in [-0.4, -0.2) is 25.0 Å². The van der Waals surface area contributed by atoms with Gasteiger partial charge in [0.25, 0.3) is 0 Å². The van der Waals surface area contributed by atoms with Crippen LogP contribution in [0.1, 0.15) is 18.1 Å². The number of carbonyl (C=O) groups is 2. The maximum absolute atomic E-state index is 11.7. The van der Waals surface area contributed by atoms with Crippen molar-refractivity contribution in [1.82, 2.24) is 10.6 Å². The van der Waals surface area contributed by atoms with Crippen molar-refractivity contribution in [3.63, 3.8) is 0 Å². The largest absolute Gasteiger partial charge is 0.374 e. The van der Waals surface area contributed by atoms with Crippen LogP contribution >= 0.6 is 0 Å². The quantitative estimate of drug-likeness (QED) is 0.761. The third kappa shape index (κ3) is 3.48. The first-order chi connectivity index (χ1) is 8.45. The first-order valence-electron chi connectivity index (χ1n) is 5.81. The number of rotatable bonds is 3. The van der Waals surface area contributed by atoms with Gasteiger partial charge in [-0.3, -0.25) is 10.1 Å². The number of hydrogen-bond donors (Lipinski definition) is 3. The Morgan fingerprint density at radius 2 is 1.89 bits per heavy atom. The van der Waals surface area contributed by atoms with Gasteiger partial charge in [0.05, 0.1) is 0 Å². The number of anilines is 1. The Hall–Kier alpha value is -2.04. The summed E-state index contributed by atoms with van der Waals surface area (Å²) >= 11 is 0. The molecule has 1 aromatic rings. The van der Waals surface area contributed by atoms with Crippen molar-refractivity contribution < 1.29 is 9.59 Å². The van der Waals surface area contributed by atoms with Crippen molar-refractivity contribution in [3.05, 3.63) is 29.3 Å². The number of hydrogen-bond acceptors (Lipinski definition) is 3. The van der Waals surface area contributed by atoms with Gasteiger partial charge < -0.3 is 10.6 Å². The van der Waals surface area contributed by atoms with Crippen molar-refractivity contribution in [2.45, 2.75) is 26.8 Å². The van der Waals surface area contributed by atoms with Gasteiger partial charge in [-0.15, -0.1) is 0 Å². The average molecular weight is 249 g/mol. The first kappa shape index (κ1) is 14.0. The highest BCUT2D eigenvalue weighted by molar-refractivity contribution is 5.97. The first-order valence-corrected chi connectivity index (χ1v) is 5.81. The Morgan fingerprint density at radius 1 is 1.22 bits per heavy atom. The van der Waals surface area contributed by atoms with Crippen molar-refractivity contribution in [1.29, 1.82) is 0 Å². The van der Waals surface area contributed by atoms with Gasteiger partial charge in [-0.05, 0) is 38.0 Å². The van der Waals surface area contributed by atoms with Crippen molar-refractivity contribution in [2.24, 2.45) is 0 Å². The fraction of sp³-hybridized carbons (Fsp3) is 0.385. The molecule has 3 N–H and O–H groups in total. The Bertz CT molecular complexity index is 458. The highest BCUT2D eigenvalue weighted by atomic mass is 16.2. The van der Waals surface area contributed by atoms with E-state index in [0.29, 0.717) is 0 Å². The number of benzene rings is 1. The van der Waals surface area contributed by atoms with Crippen LogP contribution in [0.15, 0.2) is 18.2 Å². The van der Waals surface area contributed by atoms with E-state index < -0.39 is 12.1 Å². The number of nitrogens with one attached hydrogen (secondary N) is 3. The lowest BCUT2D eigenvalue weighted by Gasteiger charge is -2.17. The topological polar surface area (TPSA) is 70.2 Å². The number of amides is 3. The predicted molar refractivity (Wildman–Crippen MR) is 71.6 cm³/mol. The molecular formula is C13H19N3O2. The maximum atomic E-state index is 11.7. The van der Waals surface area contributed by atoms with E-state index in [2.05, 4.69) is 16.0 Å². The summed E-state index contributed by atoms with van der Waals surface area (Å²) in [5.74, 6) is -0.366. The van der Waals surface area contributed by atoms with Gasteiger partial charge in [-0.2, -0.15) is 0 Å². The normalized spacial score (nSPS) is 11.6. The molecular weight excluding hydrogens is 230 g/mol. The SMILES string of the molecule is CNC(=O)NC(=O)[C@@H](C)Nc1cccc(C)c1C. The van der Waals surface area contributed by atoms with Crippen LogP contribution in [0.2, 0.25) is 0 Å². The average Bonchev–Trinajstić information content (AvgIpc) is 2.34. The fourth-order valence-electron chi connectivity index (χ4n) is 1.49. The van der Waals surface area contributed by atoms with Crippen LogP contribution in [-0.2, 0) is 4.79 Å². The molecule has 0 spiro atoms. The smallest absolute Gasteiger partial charge is 0.321 e. The molecule has 0 saturated carbocycles. The van der Waals surface area contributed by atoms with E-state index in [1.165, 1.54) is 7.05 Å². The minimum absolute atomic E-state index is 0.366. The van der Waals surface area contributed by atoms with E-state index in [1.54, 1.807) is 6.92 Å². The minimum Gasteiger partial charge on any atom is -0.374 e. The van der Waals surface area contributed by atoms with Gasteiger partial charge in [0, 0.05) is 12.7 Å². The molecule has 3 amide bonds. The zero-order chi connectivity index (χ0) is 13.7. The van der Waals surface area contributed by atoms with Crippen LogP contribution in [0.5, 0.6) is 0 Å². The molecule has 0 aliphatic carbocycles. The van der Waals surface area contributed by atoms with E-state index in [0.717, 1.165) is 16.8 Å². The zero-order valence-electron chi connectivity index (χ0n) is 11.1. The summed E-state index contributed by atoms with van der Waals surface area (Å²) in [5, 5.41) is 7.66. The van der Waals surface area contributed by atoms with Gasteiger partial charge >= 0.3 is 6.03 Å². The van der Waals surface area contributed by atoms with Crippen LogP contribution in [0.4, 0.5) is 10.5 Å². The van der Waals surface area contributed by atoms with Gasteiger partial charge in [-0.25, -0.2) is 4.79 Å². The summed E-state index contributed by atoms with van der Waals surface area (Å²) in [4.78, 5) is 22.7. The highest BCUT2D eigenvalue weighted by Gasteiger charge is 2.15. The number of carbonyl (C=O) groups excluding carboxylic acids is 2. The van der Waals surface area contributed by atoms with Crippen LogP contribution in [0.3, 0.4) is 0 Å². The molecule has 0 aliphatic heterocycles. The van der Waals surface area contributed by atoms with Gasteiger partial charge in [-0.1, -0.05) is 12.1 Å².